The van der Waals surface area contributed by atoms with E-state index in [0.717, 1.165) is 0 Å². The fourth-order valence-electron chi connectivity index (χ4n) is 8.05. The monoisotopic (exact) mass is 2450 g/mol. The Labute approximate surface area is 802 Å². The van der Waals surface area contributed by atoms with Crippen LogP contribution in [0.1, 0.15) is 166 Å². The summed E-state index contributed by atoms with van der Waals surface area (Å²) in [6, 6.07) is 0. The molecule has 138 heavy (non-hydrogen) atoms. The van der Waals surface area contributed by atoms with E-state index in [1.165, 1.54) is 184 Å². The number of rotatable bonds is 33. The van der Waals surface area contributed by atoms with Crippen molar-refractivity contribution in [1.29, 1.82) is 0 Å². The van der Waals surface area contributed by atoms with Crippen LogP contribution < -0.4 is 29.4 Å². The van der Waals surface area contributed by atoms with Crippen LogP contribution in [0.2, 0.25) is 0 Å². The van der Waals surface area contributed by atoms with E-state index in [1.807, 2.05) is 0 Å². The Morgan fingerprint density at radius 1 is 0.116 bits per heavy atom. The highest BCUT2D eigenvalue weighted by atomic mass is 32.2. The normalized spacial score (nSPS) is 14.1. The molecule has 0 aliphatic heterocycles. The second-order valence-corrected chi connectivity index (χ2v) is 70.8. The molecule has 0 radical (unpaired) electrons. The van der Waals surface area contributed by atoms with Crippen molar-refractivity contribution in [2.75, 3.05) is 157 Å². The minimum absolute atomic E-state index is 0. The third kappa shape index (κ3) is 108. The number of hydrogen-bond donors (Lipinski definition) is 30. The van der Waals surface area contributed by atoms with Gasteiger partial charge in [0.15, 0.2) is 0 Å². The zero-order valence-electron chi connectivity index (χ0n) is 80.9. The van der Waals surface area contributed by atoms with Gasteiger partial charge in [0.25, 0.3) is 0 Å². The lowest BCUT2D eigenvalue weighted by atomic mass is 10.3. The van der Waals surface area contributed by atoms with Crippen molar-refractivity contribution in [1.82, 2.24) is 0 Å². The zero-order valence-corrected chi connectivity index (χ0v) is 97.0. The van der Waals surface area contributed by atoms with Crippen molar-refractivity contribution >= 4 is 131 Å². The Morgan fingerprint density at radius 3 is 0.145 bits per heavy atom. The van der Waals surface area contributed by atoms with Gasteiger partial charge in [-0.1, -0.05) is 0 Å². The molecule has 0 aliphatic carbocycles. The molecule has 0 fully saturated rings. The highest BCUT2D eigenvalue weighted by Gasteiger charge is 2.40. The van der Waals surface area contributed by atoms with Gasteiger partial charge in [-0.2, -0.15) is 0 Å². The van der Waals surface area contributed by atoms with Crippen LogP contribution in [0.15, 0.2) is 0 Å². The molecule has 0 spiro atoms. The van der Waals surface area contributed by atoms with Crippen LogP contribution in [0.4, 0.5) is 0 Å². The first-order valence-corrected chi connectivity index (χ1v) is 71.9. The molecule has 0 saturated carbocycles. The molecule has 0 aromatic rings. The Bertz CT molecular complexity index is 2760. The van der Waals surface area contributed by atoms with E-state index < -0.39 is 131 Å². The Morgan fingerprint density at radius 2 is 0.145 bits per heavy atom. The van der Waals surface area contributed by atoms with Crippen LogP contribution in [0.5, 0.6) is 0 Å². The average molecular weight is 2450 g/mol. The lowest BCUT2D eigenvalue weighted by Gasteiger charge is -2.34. The van der Waals surface area contributed by atoms with Crippen molar-refractivity contribution in [2.24, 2.45) is 0 Å². The zero-order chi connectivity index (χ0) is 107. The van der Waals surface area contributed by atoms with Gasteiger partial charge in [-0.15, -0.1) is 0 Å². The summed E-state index contributed by atoms with van der Waals surface area (Å²) in [4.78, 5) is 286. The summed E-state index contributed by atoms with van der Waals surface area (Å²) in [6.45, 7) is 85.3. The first kappa shape index (κ1) is 212. The van der Waals surface area contributed by atoms with Gasteiger partial charge in [-0.25, -0.2) is 27.4 Å². The van der Waals surface area contributed by atoms with E-state index in [9.17, 15) is 112 Å². The number of nitrogens with zero attached hydrogens (tertiary/aromatic N) is 6. The highest BCUT2D eigenvalue weighted by Crippen LogP contribution is 2.74. The fourth-order valence-corrected chi connectivity index (χ4v) is 8.05. The highest BCUT2D eigenvalue weighted by molar-refractivity contribution is 8.28. The lowest BCUT2D eigenvalue weighted by molar-refractivity contribution is -0.921. The lowest BCUT2D eigenvalue weighted by Crippen LogP contribution is -2.47. The SMILES string of the molecule is CC[N+](CC)(CC)CC.CC[N+](CC)(CC)CC.CC[N+](CC)(CC)CC.CC[N+](CC)(CC)CC.CC[N+](CC)(CC)CC.CC[N+](CC)(CC)CC.O.O.O.O.O.O.O.O.O.O.O.O.O=P(O)(O)P(=O)(O)O.O=P(O)(O)P(=O)(O)O.O=P(O)(O)P(=O)(O)O.O=P([O-])(O)P(=O)(O)O.O=P([O-])(O)P(=O)(O)O.O=P([O-])(O)P(=O)(O)O.O=P([O-])(O)P(=O)(O)O.O=P([O-])(O)P(=O)(O)O.O=P([O-])(O)P(=O)(O)O. The predicted molar refractivity (Wildman–Crippen MR) is 501 cm³/mol. The standard InChI is InChI=1S/6C8H20N.9H4O6P2.12H2O/c6*1-5-9(6-2,7-3)8-4;9*1-7(2,3)8(4,5)6;;;;;;;;;;;;/h6*5-8H2,1-4H3;9*(H2,1,2,3)(H2,4,5,6);12*1H2/q6*+1;;;;;;;;;;;;;;;;;;;;;/p-6. The number of hydrogen-bond acceptors (Lipinski definition) is 24. The summed E-state index contributed by atoms with van der Waals surface area (Å²) >= 11 is 0. The first-order chi connectivity index (χ1) is 54.7. The van der Waals surface area contributed by atoms with Crippen molar-refractivity contribution in [3.8, 4) is 0 Å². The van der Waals surface area contributed by atoms with E-state index in [-0.39, 0.29) is 65.7 Å². The second kappa shape index (κ2) is 91.6. The second-order valence-electron chi connectivity index (χ2n) is 24.7. The summed E-state index contributed by atoms with van der Waals surface area (Å²) in [7, 11) is -95.5. The molecular formula is C48H174N6O66P18. The minimum Gasteiger partial charge on any atom is -0.770 e. The Kier molecular flexibility index (Phi) is 141. The molecule has 54 N–H and O–H groups in total. The molecule has 882 valence electrons. The quantitative estimate of drug-likeness (QED) is 0.0214. The van der Waals surface area contributed by atoms with Crippen molar-refractivity contribution in [3.05, 3.63) is 0 Å². The molecule has 0 heterocycles. The molecule has 0 saturated heterocycles. The molecule has 0 aromatic carbocycles. The number of quaternary nitrogens is 6. The van der Waals surface area contributed by atoms with Crippen molar-refractivity contribution in [2.45, 2.75) is 166 Å². The van der Waals surface area contributed by atoms with Gasteiger partial charge in [0.05, 0.1) is 157 Å². The van der Waals surface area contributed by atoms with Gasteiger partial charge < -0.3 is 269 Å². The summed E-state index contributed by atoms with van der Waals surface area (Å²) < 4.78 is 179. The molecule has 6 unspecified atom stereocenters. The van der Waals surface area contributed by atoms with Gasteiger partial charge in [-0.3, -0.25) is 54.8 Å². The third-order valence-corrected chi connectivity index (χ3v) is 43.0. The maximum absolute atomic E-state index is 9.58. The van der Waals surface area contributed by atoms with E-state index in [2.05, 4.69) is 166 Å². The van der Waals surface area contributed by atoms with Crippen LogP contribution in [0.25, 0.3) is 0 Å². The molecule has 0 amide bonds. The van der Waals surface area contributed by atoms with E-state index >= 15 is 0 Å². The smallest absolute Gasteiger partial charge is 0.435 e. The van der Waals surface area contributed by atoms with Crippen molar-refractivity contribution < 1.29 is 351 Å². The third-order valence-electron chi connectivity index (χ3n) is 19.1. The molecule has 0 rings (SSSR count). The van der Waals surface area contributed by atoms with Crippen LogP contribution >= 0.6 is 131 Å². The molecule has 0 aliphatic rings. The maximum Gasteiger partial charge on any atom is 0.435 e. The van der Waals surface area contributed by atoms with Gasteiger partial charge in [0.2, 0.25) is 43.7 Å². The topological polar surface area (TPSA) is 1430 Å². The molecule has 72 nitrogen and oxygen atoms in total. The van der Waals surface area contributed by atoms with Gasteiger partial charge in [0.1, 0.15) is 0 Å². The average Bonchev–Trinajstić information content (AvgIpc) is 0.883. The summed E-state index contributed by atoms with van der Waals surface area (Å²) in [5.74, 6) is 0. The van der Waals surface area contributed by atoms with E-state index in [4.69, 9.17) is 147 Å². The molecule has 0 aromatic heterocycles. The van der Waals surface area contributed by atoms with Crippen LogP contribution in [-0.4, -0.2) is 396 Å². The summed E-state index contributed by atoms with van der Waals surface area (Å²) in [5.41, 5.74) is 0. The van der Waals surface area contributed by atoms with Gasteiger partial charge in [-0.05, 0) is 166 Å². The van der Waals surface area contributed by atoms with E-state index in [0.29, 0.717) is 0 Å². The fraction of sp³-hybridized carbons (Fsp3) is 1.00. The predicted octanol–water partition coefficient (Wildman–Crippen LogP) is -9.08. The van der Waals surface area contributed by atoms with Crippen molar-refractivity contribution in [3.63, 3.8) is 0 Å². The summed E-state index contributed by atoms with van der Waals surface area (Å²) in [6.07, 6.45) is 0. The van der Waals surface area contributed by atoms with E-state index in [1.54, 1.807) is 0 Å². The van der Waals surface area contributed by atoms with Gasteiger partial charge >= 0.3 is 87.4 Å². The Balaban J connectivity index is -0.0000000380. The van der Waals surface area contributed by atoms with Crippen LogP contribution in [-0.2, 0) is 82.2 Å². The van der Waals surface area contributed by atoms with Gasteiger partial charge in [0, 0.05) is 0 Å². The maximum atomic E-state index is 9.58. The van der Waals surface area contributed by atoms with Crippen LogP contribution in [0, 0.1) is 0 Å². The first-order valence-electron chi connectivity index (χ1n) is 36.7. The molecule has 90 heteroatoms. The molecule has 6 atom stereocenters. The van der Waals surface area contributed by atoms with Crippen LogP contribution in [0.3, 0.4) is 0 Å². The molecule has 0 bridgehead atoms. The molecular weight excluding hydrogens is 2270 g/mol. The minimum atomic E-state index is -5.43. The Hall–Kier alpha value is 1.98. The summed E-state index contributed by atoms with van der Waals surface area (Å²) in [5, 5.41) is 0. The largest absolute Gasteiger partial charge is 0.770 e.